The summed E-state index contributed by atoms with van der Waals surface area (Å²) in [5.74, 6) is -0.942. The highest BCUT2D eigenvalue weighted by molar-refractivity contribution is 5.86. The number of hydrogen-bond donors (Lipinski definition) is 1. The smallest absolute Gasteiger partial charge is 0.337 e. The van der Waals surface area contributed by atoms with Gasteiger partial charge in [-0.15, -0.1) is 0 Å². The van der Waals surface area contributed by atoms with E-state index in [1.54, 1.807) is 36.1 Å². The minimum atomic E-state index is -0.942. The van der Waals surface area contributed by atoms with Crippen LogP contribution >= 0.6 is 0 Å². The molecule has 0 unspecified atom stereocenters. The zero-order valence-corrected chi connectivity index (χ0v) is 21.5. The van der Waals surface area contributed by atoms with E-state index in [-0.39, 0.29) is 21.7 Å². The quantitative estimate of drug-likeness (QED) is 0.277. The Hall–Kier alpha value is -4.85. The van der Waals surface area contributed by atoms with Gasteiger partial charge in [0.1, 0.15) is 5.69 Å². The number of nitro groups is 1. The number of carboxylic acid groups (broad SMARTS) is 1. The lowest BCUT2D eigenvalue weighted by Crippen LogP contribution is -2.47. The van der Waals surface area contributed by atoms with E-state index in [1.165, 1.54) is 36.1 Å². The Bertz CT molecular complexity index is 1600. The van der Waals surface area contributed by atoms with Crippen LogP contribution in [0.25, 0.3) is 11.2 Å². The summed E-state index contributed by atoms with van der Waals surface area (Å²) in [7, 11) is 3.06. The topological polar surface area (TPSA) is 162 Å². The van der Waals surface area contributed by atoms with Gasteiger partial charge >= 0.3 is 11.7 Å². The van der Waals surface area contributed by atoms with E-state index in [0.717, 1.165) is 17.7 Å². The molecule has 0 amide bonds. The molecule has 3 aromatic heterocycles. The fraction of sp³-hybridized carbons (Fsp3) is 0.320. The number of piperazine rings is 1. The number of anilines is 1. The Labute approximate surface area is 222 Å². The third-order valence-electron chi connectivity index (χ3n) is 6.57. The number of para-hydroxylation sites is 2. The van der Waals surface area contributed by atoms with Crippen LogP contribution < -0.4 is 16.1 Å². The minimum Gasteiger partial charge on any atom is -0.478 e. The van der Waals surface area contributed by atoms with Gasteiger partial charge in [-0.2, -0.15) is 0 Å². The van der Waals surface area contributed by atoms with Gasteiger partial charge < -0.3 is 14.6 Å². The first-order chi connectivity index (χ1) is 18.7. The van der Waals surface area contributed by atoms with E-state index in [0.29, 0.717) is 43.0 Å². The predicted molar refractivity (Wildman–Crippen MR) is 143 cm³/mol. The third kappa shape index (κ3) is 5.85. The Morgan fingerprint density at radius 1 is 1.03 bits per heavy atom. The number of pyridine rings is 1. The van der Waals surface area contributed by atoms with Crippen molar-refractivity contribution in [1.82, 2.24) is 28.6 Å². The summed E-state index contributed by atoms with van der Waals surface area (Å²) in [5, 5.41) is 19.6. The van der Waals surface area contributed by atoms with Crippen molar-refractivity contribution < 1.29 is 14.8 Å². The second kappa shape index (κ2) is 11.7. The maximum atomic E-state index is 12.5. The van der Waals surface area contributed by atoms with E-state index in [1.807, 2.05) is 11.0 Å². The zero-order chi connectivity index (χ0) is 28.1. The number of rotatable bonds is 6. The summed E-state index contributed by atoms with van der Waals surface area (Å²) in [4.78, 5) is 57.8. The molecule has 14 nitrogen and oxygen atoms in total. The van der Waals surface area contributed by atoms with Crippen LogP contribution in [0.2, 0.25) is 0 Å². The molecule has 1 saturated heterocycles. The van der Waals surface area contributed by atoms with Gasteiger partial charge in [-0.25, -0.2) is 14.6 Å². The fourth-order valence-corrected chi connectivity index (χ4v) is 4.40. The summed E-state index contributed by atoms with van der Waals surface area (Å²) >= 11 is 0. The molecular weight excluding hydrogens is 508 g/mol. The number of nitrogens with zero attached hydrogens (tertiary/aromatic N) is 8. The molecule has 204 valence electrons. The Morgan fingerprint density at radius 3 is 2.36 bits per heavy atom. The lowest BCUT2D eigenvalue weighted by Gasteiger charge is -2.35. The van der Waals surface area contributed by atoms with Gasteiger partial charge in [0.05, 0.1) is 16.8 Å². The minimum absolute atomic E-state index is 0.122. The monoisotopic (exact) mass is 536 g/mol. The molecule has 4 aromatic rings. The van der Waals surface area contributed by atoms with E-state index in [4.69, 9.17) is 5.11 Å². The first kappa shape index (κ1) is 27.2. The van der Waals surface area contributed by atoms with Crippen molar-refractivity contribution in [2.75, 3.05) is 37.6 Å². The fourth-order valence-electron chi connectivity index (χ4n) is 4.40. The number of carboxylic acids is 1. The zero-order valence-electron chi connectivity index (χ0n) is 21.5. The summed E-state index contributed by atoms with van der Waals surface area (Å²) in [6.07, 6.45) is 4.43. The molecule has 5 rings (SSSR count). The van der Waals surface area contributed by atoms with Crippen LogP contribution in [-0.4, -0.2) is 77.3 Å². The first-order valence-corrected chi connectivity index (χ1v) is 12.1. The van der Waals surface area contributed by atoms with Gasteiger partial charge in [-0.3, -0.25) is 33.9 Å². The molecule has 0 bridgehead atoms. The van der Waals surface area contributed by atoms with Crippen LogP contribution in [0.3, 0.4) is 0 Å². The highest BCUT2D eigenvalue weighted by atomic mass is 16.6. The predicted octanol–water partition coefficient (Wildman–Crippen LogP) is 0.944. The van der Waals surface area contributed by atoms with Crippen LogP contribution in [0.5, 0.6) is 0 Å². The number of carbonyl (C=O) groups is 1. The molecule has 39 heavy (non-hydrogen) atoms. The molecule has 0 saturated carbocycles. The molecule has 0 atom stereocenters. The SMILES string of the molecule is Cn1c(=O)c2c(ncn2CCN2CCN(c3ccccc3[N+](=O)[O-])CC2)n(C)c1=O.O=C(O)c1cccnc1. The number of nitro benzene ring substituents is 1. The van der Waals surface area contributed by atoms with Crippen LogP contribution in [0.15, 0.2) is 64.7 Å². The molecule has 1 fully saturated rings. The summed E-state index contributed by atoms with van der Waals surface area (Å²) in [6, 6.07) is 9.88. The third-order valence-corrected chi connectivity index (χ3v) is 6.57. The van der Waals surface area contributed by atoms with E-state index < -0.39 is 11.7 Å². The van der Waals surface area contributed by atoms with Gasteiger partial charge in [-0.1, -0.05) is 12.1 Å². The average Bonchev–Trinajstić information content (AvgIpc) is 3.39. The van der Waals surface area contributed by atoms with Crippen molar-refractivity contribution in [1.29, 1.82) is 0 Å². The van der Waals surface area contributed by atoms with Crippen LogP contribution in [0, 0.1) is 10.1 Å². The van der Waals surface area contributed by atoms with E-state index in [9.17, 15) is 24.5 Å². The number of hydrogen-bond acceptors (Lipinski definition) is 9. The van der Waals surface area contributed by atoms with E-state index in [2.05, 4.69) is 14.9 Å². The van der Waals surface area contributed by atoms with Crippen LogP contribution in [0.1, 0.15) is 10.4 Å². The lowest BCUT2D eigenvalue weighted by molar-refractivity contribution is -0.384. The summed E-state index contributed by atoms with van der Waals surface area (Å²) in [5.41, 5.74) is 1.03. The molecule has 0 aliphatic carbocycles. The summed E-state index contributed by atoms with van der Waals surface area (Å²) in [6.45, 7) is 4.17. The lowest BCUT2D eigenvalue weighted by atomic mass is 10.2. The molecule has 0 spiro atoms. The number of imidazole rings is 1. The number of aryl methyl sites for hydroxylation is 1. The van der Waals surface area contributed by atoms with Crippen LogP contribution in [-0.2, 0) is 20.6 Å². The van der Waals surface area contributed by atoms with Gasteiger partial charge in [0.15, 0.2) is 11.2 Å². The molecular formula is C25H28N8O6. The number of aromatic nitrogens is 5. The summed E-state index contributed by atoms with van der Waals surface area (Å²) < 4.78 is 4.25. The molecule has 1 aliphatic rings. The van der Waals surface area contributed by atoms with E-state index >= 15 is 0 Å². The Kier molecular flexibility index (Phi) is 8.15. The number of benzene rings is 1. The molecule has 0 radical (unpaired) electrons. The first-order valence-electron chi connectivity index (χ1n) is 12.1. The molecule has 1 N–H and O–H groups in total. The van der Waals surface area contributed by atoms with Gasteiger partial charge in [0, 0.05) is 71.8 Å². The van der Waals surface area contributed by atoms with Gasteiger partial charge in [-0.05, 0) is 18.2 Å². The molecule has 1 aromatic carbocycles. The Balaban J connectivity index is 0.000000333. The largest absolute Gasteiger partial charge is 0.478 e. The van der Waals surface area contributed by atoms with Crippen molar-refractivity contribution >= 4 is 28.5 Å². The molecule has 4 heterocycles. The molecule has 1 aliphatic heterocycles. The van der Waals surface area contributed by atoms with Gasteiger partial charge in [0.2, 0.25) is 0 Å². The Morgan fingerprint density at radius 2 is 1.74 bits per heavy atom. The van der Waals surface area contributed by atoms with Crippen molar-refractivity contribution in [3.8, 4) is 0 Å². The highest BCUT2D eigenvalue weighted by Gasteiger charge is 2.23. The van der Waals surface area contributed by atoms with Crippen molar-refractivity contribution in [3.63, 3.8) is 0 Å². The van der Waals surface area contributed by atoms with Crippen molar-refractivity contribution in [2.45, 2.75) is 6.54 Å². The number of aromatic carboxylic acids is 1. The second-order valence-corrected chi connectivity index (χ2v) is 8.94. The highest BCUT2D eigenvalue weighted by Crippen LogP contribution is 2.28. The second-order valence-electron chi connectivity index (χ2n) is 8.94. The maximum Gasteiger partial charge on any atom is 0.337 e. The van der Waals surface area contributed by atoms with Crippen molar-refractivity contribution in [3.05, 3.63) is 91.6 Å². The standard InChI is InChI=1S/C19H23N7O4.C6H5NO2/c1-21-17-16(18(27)22(2)19(21)28)25(13-20-17)12-9-23-7-10-24(11-8-23)14-5-3-4-6-15(14)26(29)30;8-6(9)5-2-1-3-7-4-5/h3-6,13H,7-12H2,1-2H3;1-4H,(H,8,9). The van der Waals surface area contributed by atoms with Crippen molar-refractivity contribution in [2.24, 2.45) is 14.1 Å². The van der Waals surface area contributed by atoms with Crippen LogP contribution in [0.4, 0.5) is 11.4 Å². The van der Waals surface area contributed by atoms with Gasteiger partial charge in [0.25, 0.3) is 11.2 Å². The molecule has 14 heteroatoms. The number of fused-ring (bicyclic) bond motifs is 1. The maximum absolute atomic E-state index is 12.5. The normalized spacial score (nSPS) is 13.6. The average molecular weight is 537 g/mol.